The first-order valence-corrected chi connectivity index (χ1v) is 10.4. The number of rotatable bonds is 8. The molecule has 0 spiro atoms. The van der Waals surface area contributed by atoms with Gasteiger partial charge >= 0.3 is 6.18 Å². The topological polar surface area (TPSA) is 45.1 Å². The average molecular weight is 436 g/mol. The highest BCUT2D eigenvalue weighted by atomic mass is 19.4. The van der Waals surface area contributed by atoms with Crippen molar-refractivity contribution in [2.75, 3.05) is 6.54 Å². The summed E-state index contributed by atoms with van der Waals surface area (Å²) >= 11 is 0. The van der Waals surface area contributed by atoms with Crippen molar-refractivity contribution in [3.05, 3.63) is 65.2 Å². The maximum absolute atomic E-state index is 13.2. The van der Waals surface area contributed by atoms with E-state index in [1.165, 1.54) is 6.07 Å². The van der Waals surface area contributed by atoms with Crippen LogP contribution in [-0.4, -0.2) is 22.8 Å². The summed E-state index contributed by atoms with van der Waals surface area (Å²) in [6, 6.07) is 10.2. The standard InChI is InChI=1S/C24H28F4N2O/c1-16(14-23(10-11-23)24(26,27)28)17(2)29-13-12-22(3,31)19-6-4-18(5-7-19)21-9-8-20(25)15-30-21/h4-9,15,29,31H,10-14H2,1-3H3/b17-16+. The molecule has 1 aromatic heterocycles. The molecular weight excluding hydrogens is 408 g/mol. The van der Waals surface area contributed by atoms with Crippen LogP contribution in [0.5, 0.6) is 0 Å². The largest absolute Gasteiger partial charge is 0.394 e. The third kappa shape index (κ3) is 5.45. The first-order valence-electron chi connectivity index (χ1n) is 10.4. The van der Waals surface area contributed by atoms with Gasteiger partial charge in [-0.25, -0.2) is 4.39 Å². The van der Waals surface area contributed by atoms with Gasteiger partial charge in [0, 0.05) is 17.8 Å². The van der Waals surface area contributed by atoms with Crippen molar-refractivity contribution in [1.29, 1.82) is 0 Å². The minimum atomic E-state index is -4.16. The molecule has 1 saturated carbocycles. The second-order valence-electron chi connectivity index (χ2n) is 8.75. The van der Waals surface area contributed by atoms with Crippen LogP contribution < -0.4 is 5.32 Å². The lowest BCUT2D eigenvalue weighted by Gasteiger charge is -2.25. The van der Waals surface area contributed by atoms with Crippen LogP contribution in [0.15, 0.2) is 53.9 Å². The number of halogens is 4. The number of benzene rings is 1. The van der Waals surface area contributed by atoms with Gasteiger partial charge in [0.15, 0.2) is 0 Å². The van der Waals surface area contributed by atoms with Crippen LogP contribution in [0.25, 0.3) is 11.3 Å². The smallest absolute Gasteiger partial charge is 0.388 e. The molecule has 3 rings (SSSR count). The van der Waals surface area contributed by atoms with Crippen molar-refractivity contribution in [1.82, 2.24) is 10.3 Å². The lowest BCUT2D eigenvalue weighted by molar-refractivity contribution is -0.186. The molecule has 168 valence electrons. The van der Waals surface area contributed by atoms with E-state index >= 15 is 0 Å². The molecule has 7 heteroatoms. The van der Waals surface area contributed by atoms with Crippen molar-refractivity contribution in [3.8, 4) is 11.3 Å². The highest BCUT2D eigenvalue weighted by Gasteiger charge is 2.62. The Morgan fingerprint density at radius 2 is 1.74 bits per heavy atom. The quantitative estimate of drug-likeness (QED) is 0.492. The molecule has 1 heterocycles. The van der Waals surface area contributed by atoms with Gasteiger partial charge in [-0.2, -0.15) is 13.2 Å². The fourth-order valence-corrected chi connectivity index (χ4v) is 3.69. The molecule has 1 atom stereocenters. The zero-order chi connectivity index (χ0) is 22.9. The molecule has 0 amide bonds. The number of alkyl halides is 3. The summed E-state index contributed by atoms with van der Waals surface area (Å²) in [5.41, 5.74) is 0.928. The highest BCUT2D eigenvalue weighted by molar-refractivity contribution is 5.59. The van der Waals surface area contributed by atoms with Crippen molar-refractivity contribution in [3.63, 3.8) is 0 Å². The zero-order valence-corrected chi connectivity index (χ0v) is 18.0. The average Bonchev–Trinajstić information content (AvgIpc) is 3.49. The van der Waals surface area contributed by atoms with E-state index in [9.17, 15) is 22.7 Å². The number of allylic oxidation sites excluding steroid dienone is 2. The number of hydrogen-bond acceptors (Lipinski definition) is 3. The second kappa shape index (κ2) is 8.61. The Morgan fingerprint density at radius 3 is 2.26 bits per heavy atom. The third-order valence-electron chi connectivity index (χ3n) is 6.23. The molecular formula is C24H28F4N2O. The van der Waals surface area contributed by atoms with Crippen molar-refractivity contribution in [2.45, 2.75) is 58.2 Å². The Balaban J connectivity index is 1.57. The van der Waals surface area contributed by atoms with Crippen molar-refractivity contribution >= 4 is 0 Å². The van der Waals surface area contributed by atoms with E-state index < -0.39 is 23.0 Å². The van der Waals surface area contributed by atoms with Gasteiger partial charge in [-0.3, -0.25) is 4.98 Å². The lowest BCUT2D eigenvalue weighted by atomic mass is 9.91. The lowest BCUT2D eigenvalue weighted by Crippen LogP contribution is -2.28. The number of aromatic nitrogens is 1. The van der Waals surface area contributed by atoms with Crippen LogP contribution in [-0.2, 0) is 5.60 Å². The number of aliphatic hydroxyl groups is 1. The predicted molar refractivity (Wildman–Crippen MR) is 113 cm³/mol. The van der Waals surface area contributed by atoms with E-state index in [2.05, 4.69) is 10.3 Å². The highest BCUT2D eigenvalue weighted by Crippen LogP contribution is 2.61. The van der Waals surface area contributed by atoms with Crippen molar-refractivity contribution in [2.24, 2.45) is 5.41 Å². The van der Waals surface area contributed by atoms with Crippen molar-refractivity contribution < 1.29 is 22.7 Å². The number of nitrogens with one attached hydrogen (secondary N) is 1. The SMILES string of the molecule is C/C(CC1(C(F)(F)F)CC1)=C(/C)NCCC(C)(O)c1ccc(-c2ccc(F)cn2)cc1. The Morgan fingerprint density at radius 1 is 1.10 bits per heavy atom. The van der Waals surface area contributed by atoms with Crippen LogP contribution in [0, 0.1) is 11.2 Å². The normalized spacial score (nSPS) is 18.2. The summed E-state index contributed by atoms with van der Waals surface area (Å²) in [6.45, 7) is 5.64. The summed E-state index contributed by atoms with van der Waals surface area (Å²) < 4.78 is 52.5. The van der Waals surface area contributed by atoms with E-state index in [0.29, 0.717) is 29.8 Å². The van der Waals surface area contributed by atoms with E-state index in [4.69, 9.17) is 0 Å². The van der Waals surface area contributed by atoms with Gasteiger partial charge in [0.25, 0.3) is 0 Å². The zero-order valence-electron chi connectivity index (χ0n) is 18.0. The van der Waals surface area contributed by atoms with Gasteiger partial charge in [-0.15, -0.1) is 0 Å². The summed E-state index contributed by atoms with van der Waals surface area (Å²) in [5.74, 6) is -0.402. The van der Waals surface area contributed by atoms with Gasteiger partial charge in [0.2, 0.25) is 0 Å². The molecule has 1 unspecified atom stereocenters. The van der Waals surface area contributed by atoms with Crippen LogP contribution in [0.4, 0.5) is 17.6 Å². The molecule has 31 heavy (non-hydrogen) atoms. The van der Waals surface area contributed by atoms with Crippen LogP contribution in [0.1, 0.15) is 52.0 Å². The van der Waals surface area contributed by atoms with Crippen LogP contribution in [0.3, 0.4) is 0 Å². The van der Waals surface area contributed by atoms with E-state index in [0.717, 1.165) is 17.5 Å². The Kier molecular flexibility index (Phi) is 6.46. The summed E-state index contributed by atoms with van der Waals surface area (Å²) in [5, 5.41) is 14.0. The molecule has 1 aromatic carbocycles. The van der Waals surface area contributed by atoms with Crippen LogP contribution >= 0.6 is 0 Å². The minimum absolute atomic E-state index is 0.0185. The predicted octanol–water partition coefficient (Wildman–Crippen LogP) is 6.10. The molecule has 0 radical (unpaired) electrons. The molecule has 1 fully saturated rings. The summed E-state index contributed by atoms with van der Waals surface area (Å²) in [6.07, 6.45) is -2.21. The number of nitrogens with zero attached hydrogens (tertiary/aromatic N) is 1. The van der Waals surface area contributed by atoms with Gasteiger partial charge in [-0.1, -0.05) is 29.8 Å². The first-order chi connectivity index (χ1) is 14.4. The first kappa shape index (κ1) is 23.3. The van der Waals surface area contributed by atoms with E-state index in [1.807, 2.05) is 12.1 Å². The van der Waals surface area contributed by atoms with E-state index in [-0.39, 0.29) is 19.3 Å². The number of pyridine rings is 1. The number of hydrogen-bond donors (Lipinski definition) is 2. The monoisotopic (exact) mass is 436 g/mol. The fraction of sp³-hybridized carbons (Fsp3) is 0.458. The maximum atomic E-state index is 13.2. The van der Waals surface area contributed by atoms with Gasteiger partial charge in [0.05, 0.1) is 22.9 Å². The molecule has 1 aliphatic rings. The Hall–Kier alpha value is -2.41. The fourth-order valence-electron chi connectivity index (χ4n) is 3.69. The van der Waals surface area contributed by atoms with E-state index in [1.54, 1.807) is 39.0 Å². The molecule has 0 saturated heterocycles. The van der Waals surface area contributed by atoms with Crippen LogP contribution in [0.2, 0.25) is 0 Å². The van der Waals surface area contributed by atoms with Gasteiger partial charge < -0.3 is 10.4 Å². The van der Waals surface area contributed by atoms with Gasteiger partial charge in [-0.05, 0) is 64.2 Å². The summed E-state index contributed by atoms with van der Waals surface area (Å²) in [4.78, 5) is 4.05. The second-order valence-corrected chi connectivity index (χ2v) is 8.75. The van der Waals surface area contributed by atoms with Gasteiger partial charge in [0.1, 0.15) is 5.82 Å². The summed E-state index contributed by atoms with van der Waals surface area (Å²) in [7, 11) is 0. The third-order valence-corrected chi connectivity index (χ3v) is 6.23. The molecule has 1 aliphatic carbocycles. The Labute approximate surface area is 180 Å². The Bertz CT molecular complexity index is 928. The molecule has 2 N–H and O–H groups in total. The molecule has 0 bridgehead atoms. The molecule has 2 aromatic rings. The minimum Gasteiger partial charge on any atom is -0.388 e. The maximum Gasteiger partial charge on any atom is 0.394 e. The molecule has 3 nitrogen and oxygen atoms in total. The molecule has 0 aliphatic heterocycles.